The van der Waals surface area contributed by atoms with Gasteiger partial charge in [-0.15, -0.1) is 0 Å². The third-order valence-electron chi connectivity index (χ3n) is 3.62. The van der Waals surface area contributed by atoms with Crippen molar-refractivity contribution in [3.05, 3.63) is 58.0 Å². The molecule has 1 atom stereocenters. The van der Waals surface area contributed by atoms with Crippen LogP contribution in [0.3, 0.4) is 0 Å². The summed E-state index contributed by atoms with van der Waals surface area (Å²) >= 11 is 0. The molecule has 1 amide bonds. The minimum atomic E-state index is -0.319. The first kappa shape index (κ1) is 16.6. The van der Waals surface area contributed by atoms with Crippen molar-refractivity contribution in [3.63, 3.8) is 0 Å². The minimum Gasteiger partial charge on any atom is -0.497 e. The number of hydrogen-bond donors (Lipinski definition) is 1. The number of pyridine rings is 1. The Morgan fingerprint density at radius 2 is 1.91 bits per heavy atom. The van der Waals surface area contributed by atoms with E-state index in [0.717, 1.165) is 5.56 Å². The maximum absolute atomic E-state index is 12.3. The number of carbonyl (C=O) groups is 1. The third-order valence-corrected chi connectivity index (χ3v) is 3.62. The van der Waals surface area contributed by atoms with Crippen LogP contribution in [0.25, 0.3) is 0 Å². The molecule has 1 aromatic heterocycles. The lowest BCUT2D eigenvalue weighted by Gasteiger charge is -2.18. The average Bonchev–Trinajstić information content (AvgIpc) is 2.56. The molecule has 0 saturated carbocycles. The second kappa shape index (κ2) is 7.00. The first-order valence-electron chi connectivity index (χ1n) is 7.15. The van der Waals surface area contributed by atoms with Crippen molar-refractivity contribution in [2.45, 2.75) is 13.0 Å². The summed E-state index contributed by atoms with van der Waals surface area (Å²) in [5, 5.41) is 2.86. The average molecular weight is 316 g/mol. The molecule has 6 heteroatoms. The number of nitrogens with zero attached hydrogens (tertiary/aromatic N) is 1. The predicted molar refractivity (Wildman–Crippen MR) is 87.1 cm³/mol. The van der Waals surface area contributed by atoms with Gasteiger partial charge in [0, 0.05) is 30.4 Å². The van der Waals surface area contributed by atoms with Crippen LogP contribution in [0.5, 0.6) is 11.5 Å². The van der Waals surface area contributed by atoms with E-state index in [1.165, 1.54) is 10.6 Å². The van der Waals surface area contributed by atoms with Crippen molar-refractivity contribution in [2.75, 3.05) is 14.2 Å². The Labute approximate surface area is 134 Å². The summed E-state index contributed by atoms with van der Waals surface area (Å²) in [5.41, 5.74) is 0.884. The van der Waals surface area contributed by atoms with Gasteiger partial charge in [0.15, 0.2) is 0 Å². The lowest BCUT2D eigenvalue weighted by molar-refractivity contribution is 0.0939. The zero-order chi connectivity index (χ0) is 17.0. The number of hydrogen-bond acceptors (Lipinski definition) is 4. The fraction of sp³-hybridized carbons (Fsp3) is 0.294. The van der Waals surface area contributed by atoms with E-state index in [9.17, 15) is 9.59 Å². The van der Waals surface area contributed by atoms with Gasteiger partial charge in [0.05, 0.1) is 20.3 Å². The highest BCUT2D eigenvalue weighted by molar-refractivity contribution is 5.94. The van der Waals surface area contributed by atoms with Crippen molar-refractivity contribution in [1.82, 2.24) is 9.88 Å². The fourth-order valence-corrected chi connectivity index (χ4v) is 2.23. The van der Waals surface area contributed by atoms with Crippen LogP contribution in [-0.2, 0) is 7.05 Å². The van der Waals surface area contributed by atoms with Gasteiger partial charge in [-0.05, 0) is 31.2 Å². The normalized spacial score (nSPS) is 11.7. The van der Waals surface area contributed by atoms with Gasteiger partial charge in [-0.2, -0.15) is 0 Å². The molecule has 0 spiro atoms. The molecule has 1 aromatic carbocycles. The quantitative estimate of drug-likeness (QED) is 0.914. The van der Waals surface area contributed by atoms with Crippen molar-refractivity contribution < 1.29 is 14.3 Å². The summed E-state index contributed by atoms with van der Waals surface area (Å²) in [4.78, 5) is 23.9. The molecule has 0 aliphatic rings. The van der Waals surface area contributed by atoms with Gasteiger partial charge in [-0.25, -0.2) is 0 Å². The van der Waals surface area contributed by atoms with Crippen LogP contribution in [-0.4, -0.2) is 24.7 Å². The first-order chi connectivity index (χ1) is 11.0. The van der Waals surface area contributed by atoms with Gasteiger partial charge in [0.1, 0.15) is 11.5 Å². The number of nitrogens with one attached hydrogen (secondary N) is 1. The summed E-state index contributed by atoms with van der Waals surface area (Å²) in [6.45, 7) is 1.84. The highest BCUT2D eigenvalue weighted by Crippen LogP contribution is 2.29. The maximum atomic E-state index is 12.3. The second-order valence-corrected chi connectivity index (χ2v) is 5.17. The lowest BCUT2D eigenvalue weighted by atomic mass is 10.1. The number of rotatable bonds is 5. The Morgan fingerprint density at radius 3 is 2.52 bits per heavy atom. The van der Waals surface area contributed by atoms with E-state index >= 15 is 0 Å². The molecule has 1 heterocycles. The number of benzene rings is 1. The van der Waals surface area contributed by atoms with Crippen LogP contribution in [0, 0.1) is 0 Å². The number of carbonyl (C=O) groups excluding carboxylic acids is 1. The summed E-state index contributed by atoms with van der Waals surface area (Å²) < 4.78 is 11.9. The molecule has 23 heavy (non-hydrogen) atoms. The molecule has 2 aromatic rings. The predicted octanol–water partition coefficient (Wildman–Crippen LogP) is 1.89. The molecular formula is C17H20N2O4. The number of aromatic nitrogens is 1. The minimum absolute atomic E-state index is 0.232. The van der Waals surface area contributed by atoms with Gasteiger partial charge >= 0.3 is 0 Å². The Hall–Kier alpha value is -2.76. The largest absolute Gasteiger partial charge is 0.497 e. The van der Waals surface area contributed by atoms with Gasteiger partial charge in [-0.1, -0.05) is 0 Å². The second-order valence-electron chi connectivity index (χ2n) is 5.17. The van der Waals surface area contributed by atoms with Crippen LogP contribution >= 0.6 is 0 Å². The third kappa shape index (κ3) is 3.71. The van der Waals surface area contributed by atoms with E-state index in [2.05, 4.69) is 5.32 Å². The molecular weight excluding hydrogens is 296 g/mol. The molecule has 1 N–H and O–H groups in total. The van der Waals surface area contributed by atoms with E-state index in [1.54, 1.807) is 45.7 Å². The van der Waals surface area contributed by atoms with Gasteiger partial charge in [0.2, 0.25) is 0 Å². The standard InChI is InChI=1S/C17H20N2O4/c1-11(14-10-13(22-3)5-6-15(14)23-4)18-17(21)12-7-8-19(2)16(20)9-12/h5-11H,1-4H3,(H,18,21). The SMILES string of the molecule is COc1ccc(OC)c(C(C)NC(=O)c2ccn(C)c(=O)c2)c1. The Bertz CT molecular complexity index is 767. The molecule has 0 aliphatic carbocycles. The molecule has 0 aliphatic heterocycles. The van der Waals surface area contributed by atoms with Crippen molar-refractivity contribution in [2.24, 2.45) is 7.05 Å². The van der Waals surface area contributed by atoms with E-state index in [4.69, 9.17) is 9.47 Å². The molecule has 1 unspecified atom stereocenters. The van der Waals surface area contributed by atoms with E-state index < -0.39 is 0 Å². The molecule has 6 nitrogen and oxygen atoms in total. The van der Waals surface area contributed by atoms with Crippen LogP contribution in [0.2, 0.25) is 0 Å². The topological polar surface area (TPSA) is 69.6 Å². The summed E-state index contributed by atoms with van der Waals surface area (Å²) in [7, 11) is 4.78. The smallest absolute Gasteiger partial charge is 0.252 e. The summed E-state index contributed by atoms with van der Waals surface area (Å²) in [6, 6.07) is 7.99. The molecule has 122 valence electrons. The first-order valence-corrected chi connectivity index (χ1v) is 7.15. The molecule has 2 rings (SSSR count). The lowest BCUT2D eigenvalue weighted by Crippen LogP contribution is -2.28. The van der Waals surface area contributed by atoms with E-state index in [0.29, 0.717) is 17.1 Å². The Morgan fingerprint density at radius 1 is 1.17 bits per heavy atom. The van der Waals surface area contributed by atoms with Crippen LogP contribution in [0.4, 0.5) is 0 Å². The summed E-state index contributed by atoms with van der Waals surface area (Å²) in [6.07, 6.45) is 1.56. The number of ether oxygens (including phenoxy) is 2. The fourth-order valence-electron chi connectivity index (χ4n) is 2.23. The highest BCUT2D eigenvalue weighted by atomic mass is 16.5. The monoisotopic (exact) mass is 316 g/mol. The Kier molecular flexibility index (Phi) is 5.05. The van der Waals surface area contributed by atoms with E-state index in [-0.39, 0.29) is 17.5 Å². The van der Waals surface area contributed by atoms with Crippen molar-refractivity contribution in [1.29, 1.82) is 0 Å². The zero-order valence-electron chi connectivity index (χ0n) is 13.6. The van der Waals surface area contributed by atoms with Crippen LogP contribution in [0.15, 0.2) is 41.3 Å². The summed E-state index contributed by atoms with van der Waals surface area (Å²) in [5.74, 6) is 1.01. The molecule has 0 radical (unpaired) electrons. The zero-order valence-corrected chi connectivity index (χ0v) is 13.6. The number of aryl methyl sites for hydroxylation is 1. The Balaban J connectivity index is 2.24. The van der Waals surface area contributed by atoms with Crippen molar-refractivity contribution >= 4 is 5.91 Å². The number of methoxy groups -OCH3 is 2. The van der Waals surface area contributed by atoms with E-state index in [1.807, 2.05) is 13.0 Å². The maximum Gasteiger partial charge on any atom is 0.252 e. The van der Waals surface area contributed by atoms with Gasteiger partial charge in [-0.3, -0.25) is 9.59 Å². The van der Waals surface area contributed by atoms with Gasteiger partial charge in [0.25, 0.3) is 11.5 Å². The molecule has 0 bridgehead atoms. The van der Waals surface area contributed by atoms with Crippen LogP contribution < -0.4 is 20.3 Å². The van der Waals surface area contributed by atoms with Crippen LogP contribution in [0.1, 0.15) is 28.9 Å². The molecule has 0 fully saturated rings. The van der Waals surface area contributed by atoms with Gasteiger partial charge < -0.3 is 19.4 Å². The highest BCUT2D eigenvalue weighted by Gasteiger charge is 2.16. The molecule has 0 saturated heterocycles. The number of amides is 1. The van der Waals surface area contributed by atoms with Crippen molar-refractivity contribution in [3.8, 4) is 11.5 Å².